The molecule has 0 atom stereocenters. The predicted molar refractivity (Wildman–Crippen MR) is 124 cm³/mol. The number of para-hydroxylation sites is 1. The smallest absolute Gasteiger partial charge is 0.323 e. The Balaban J connectivity index is 1.39. The highest BCUT2D eigenvalue weighted by molar-refractivity contribution is 6.06. The molecule has 3 amide bonds. The Hall–Kier alpha value is -4.59. The number of carbonyl (C=O) groups excluding carboxylic acids is 2. The number of carbonyl (C=O) groups is 2. The van der Waals surface area contributed by atoms with Crippen molar-refractivity contribution in [1.29, 1.82) is 0 Å². The topological polar surface area (TPSA) is 97.3 Å². The van der Waals surface area contributed by atoms with E-state index in [1.807, 2.05) is 42.5 Å². The van der Waals surface area contributed by atoms with E-state index in [-0.39, 0.29) is 5.91 Å². The number of aromatic nitrogens is 2. The molecule has 0 aliphatic rings. The fraction of sp³-hybridized carbons (Fsp3) is 0.0417. The Morgan fingerprint density at radius 2 is 1.53 bits per heavy atom. The number of nitrogens with one attached hydrogen (secondary N) is 3. The Kier molecular flexibility index (Phi) is 6.12. The minimum absolute atomic E-state index is 0.314. The van der Waals surface area contributed by atoms with Crippen molar-refractivity contribution in [3.8, 4) is 11.4 Å². The van der Waals surface area contributed by atoms with Gasteiger partial charge in [0.1, 0.15) is 5.75 Å². The summed E-state index contributed by atoms with van der Waals surface area (Å²) in [6.45, 7) is 0. The molecule has 3 aromatic carbocycles. The van der Waals surface area contributed by atoms with Crippen LogP contribution in [0.25, 0.3) is 5.69 Å². The highest BCUT2D eigenvalue weighted by atomic mass is 16.5. The quantitative estimate of drug-likeness (QED) is 0.413. The summed E-state index contributed by atoms with van der Waals surface area (Å²) in [5, 5.41) is 12.6. The second kappa shape index (κ2) is 9.48. The molecule has 3 N–H and O–H groups in total. The second-order valence-electron chi connectivity index (χ2n) is 6.85. The molecule has 0 aliphatic heterocycles. The van der Waals surface area contributed by atoms with Gasteiger partial charge >= 0.3 is 6.03 Å². The van der Waals surface area contributed by atoms with Gasteiger partial charge < -0.3 is 20.7 Å². The summed E-state index contributed by atoms with van der Waals surface area (Å²) in [4.78, 5) is 24.9. The van der Waals surface area contributed by atoms with Gasteiger partial charge in [-0.3, -0.25) is 4.79 Å². The minimum atomic E-state index is -0.394. The van der Waals surface area contributed by atoms with Crippen LogP contribution in [-0.2, 0) is 0 Å². The van der Waals surface area contributed by atoms with Crippen LogP contribution in [0.3, 0.4) is 0 Å². The molecule has 0 radical (unpaired) electrons. The van der Waals surface area contributed by atoms with Crippen molar-refractivity contribution in [2.75, 3.05) is 23.1 Å². The summed E-state index contributed by atoms with van der Waals surface area (Å²) in [5.41, 5.74) is 2.96. The first-order chi connectivity index (χ1) is 15.6. The first-order valence-corrected chi connectivity index (χ1v) is 9.84. The number of hydrogen-bond donors (Lipinski definition) is 3. The number of methoxy groups -OCH3 is 1. The Morgan fingerprint density at radius 3 is 2.28 bits per heavy atom. The molecular formula is C24H21N5O3. The van der Waals surface area contributed by atoms with Gasteiger partial charge in [-0.1, -0.05) is 24.3 Å². The van der Waals surface area contributed by atoms with Gasteiger partial charge in [0.15, 0.2) is 0 Å². The van der Waals surface area contributed by atoms with Crippen molar-refractivity contribution in [3.63, 3.8) is 0 Å². The van der Waals surface area contributed by atoms with Crippen LogP contribution < -0.4 is 20.7 Å². The molecule has 0 aliphatic carbocycles. The van der Waals surface area contributed by atoms with Gasteiger partial charge in [0.25, 0.3) is 5.91 Å². The van der Waals surface area contributed by atoms with Gasteiger partial charge in [-0.15, -0.1) is 0 Å². The van der Waals surface area contributed by atoms with Crippen LogP contribution in [0.2, 0.25) is 0 Å². The number of benzene rings is 3. The number of hydrogen-bond acceptors (Lipinski definition) is 4. The Bertz CT molecular complexity index is 1220. The third-order valence-electron chi connectivity index (χ3n) is 4.59. The zero-order chi connectivity index (χ0) is 22.3. The zero-order valence-corrected chi connectivity index (χ0v) is 17.3. The average Bonchev–Trinajstić information content (AvgIpc) is 3.28. The lowest BCUT2D eigenvalue weighted by molar-refractivity contribution is 0.102. The van der Waals surface area contributed by atoms with Crippen LogP contribution in [0, 0.1) is 0 Å². The molecule has 0 fully saturated rings. The third-order valence-corrected chi connectivity index (χ3v) is 4.59. The van der Waals surface area contributed by atoms with Crippen LogP contribution in [-0.4, -0.2) is 28.8 Å². The Morgan fingerprint density at radius 1 is 0.812 bits per heavy atom. The van der Waals surface area contributed by atoms with Crippen LogP contribution >= 0.6 is 0 Å². The summed E-state index contributed by atoms with van der Waals surface area (Å²) in [7, 11) is 1.61. The van der Waals surface area contributed by atoms with E-state index in [1.54, 1.807) is 60.6 Å². The SMILES string of the molecule is COc1ccc(-n2cc(NC(=O)c3cccc(NC(=O)Nc4ccccc4)c3)cn2)cc1. The summed E-state index contributed by atoms with van der Waals surface area (Å²) in [5.74, 6) is 0.437. The lowest BCUT2D eigenvalue weighted by Crippen LogP contribution is -2.20. The lowest BCUT2D eigenvalue weighted by Gasteiger charge is -2.09. The maximum atomic E-state index is 12.7. The zero-order valence-electron chi connectivity index (χ0n) is 17.3. The first kappa shape index (κ1) is 20.7. The highest BCUT2D eigenvalue weighted by Gasteiger charge is 2.10. The van der Waals surface area contributed by atoms with Crippen LogP contribution in [0.1, 0.15) is 10.4 Å². The van der Waals surface area contributed by atoms with Gasteiger partial charge in [0.05, 0.1) is 30.9 Å². The van der Waals surface area contributed by atoms with Crippen molar-refractivity contribution in [1.82, 2.24) is 9.78 Å². The number of ether oxygens (including phenoxy) is 1. The fourth-order valence-corrected chi connectivity index (χ4v) is 3.02. The van der Waals surface area contributed by atoms with E-state index in [0.717, 1.165) is 11.4 Å². The van der Waals surface area contributed by atoms with Gasteiger partial charge in [-0.05, 0) is 54.6 Å². The maximum absolute atomic E-state index is 12.7. The van der Waals surface area contributed by atoms with E-state index in [1.165, 1.54) is 0 Å². The minimum Gasteiger partial charge on any atom is -0.497 e. The van der Waals surface area contributed by atoms with Crippen LogP contribution in [0.4, 0.5) is 21.9 Å². The number of anilines is 3. The largest absolute Gasteiger partial charge is 0.497 e. The summed E-state index contributed by atoms with van der Waals surface area (Å²) in [6, 6.07) is 22.8. The van der Waals surface area contributed by atoms with E-state index in [2.05, 4.69) is 21.0 Å². The molecule has 0 unspecified atom stereocenters. The van der Waals surface area contributed by atoms with Crippen LogP contribution in [0.5, 0.6) is 5.75 Å². The maximum Gasteiger partial charge on any atom is 0.323 e. The van der Waals surface area contributed by atoms with Crippen molar-refractivity contribution >= 4 is 29.0 Å². The molecule has 1 aromatic heterocycles. The molecule has 160 valence electrons. The van der Waals surface area contributed by atoms with Crippen LogP contribution in [0.15, 0.2) is 91.3 Å². The summed E-state index contributed by atoms with van der Waals surface area (Å²) < 4.78 is 6.81. The molecule has 4 aromatic rings. The van der Waals surface area contributed by atoms with Gasteiger partial charge in [-0.2, -0.15) is 5.10 Å². The molecule has 4 rings (SSSR count). The Labute approximate surface area is 184 Å². The predicted octanol–water partition coefficient (Wildman–Crippen LogP) is 4.78. The number of rotatable bonds is 6. The van der Waals surface area contributed by atoms with Crippen molar-refractivity contribution in [2.45, 2.75) is 0 Å². The highest BCUT2D eigenvalue weighted by Crippen LogP contribution is 2.18. The monoisotopic (exact) mass is 427 g/mol. The van der Waals surface area contributed by atoms with Crippen molar-refractivity contribution < 1.29 is 14.3 Å². The molecule has 0 spiro atoms. The fourth-order valence-electron chi connectivity index (χ4n) is 3.02. The van der Waals surface area contributed by atoms with Gasteiger partial charge in [0, 0.05) is 16.9 Å². The average molecular weight is 427 g/mol. The third kappa shape index (κ3) is 5.11. The molecule has 1 heterocycles. The molecule has 0 saturated heterocycles. The molecule has 32 heavy (non-hydrogen) atoms. The van der Waals surface area contributed by atoms with E-state index in [9.17, 15) is 9.59 Å². The summed E-state index contributed by atoms with van der Waals surface area (Å²) in [6.07, 6.45) is 3.28. The molecule has 0 bridgehead atoms. The second-order valence-corrected chi connectivity index (χ2v) is 6.85. The molecule has 8 heteroatoms. The van der Waals surface area contributed by atoms with E-state index < -0.39 is 6.03 Å². The normalized spacial score (nSPS) is 10.3. The number of nitrogens with zero attached hydrogens (tertiary/aromatic N) is 2. The molecular weight excluding hydrogens is 406 g/mol. The summed E-state index contributed by atoms with van der Waals surface area (Å²) >= 11 is 0. The van der Waals surface area contributed by atoms with Crippen molar-refractivity contribution in [3.05, 3.63) is 96.8 Å². The van der Waals surface area contributed by atoms with E-state index >= 15 is 0 Å². The van der Waals surface area contributed by atoms with Gasteiger partial charge in [0.2, 0.25) is 0 Å². The molecule has 8 nitrogen and oxygen atoms in total. The first-order valence-electron chi connectivity index (χ1n) is 9.84. The number of urea groups is 1. The number of amides is 3. The van der Waals surface area contributed by atoms with E-state index in [4.69, 9.17) is 4.74 Å². The van der Waals surface area contributed by atoms with Gasteiger partial charge in [-0.25, -0.2) is 9.48 Å². The molecule has 0 saturated carbocycles. The lowest BCUT2D eigenvalue weighted by atomic mass is 10.2. The standard InChI is InChI=1S/C24H21N5O3/c1-32-22-12-10-21(11-13-22)29-16-20(15-25-29)26-23(30)17-6-5-9-19(14-17)28-24(31)27-18-7-3-2-4-8-18/h2-16H,1H3,(H,26,30)(H2,27,28,31). The van der Waals surface area contributed by atoms with Crippen molar-refractivity contribution in [2.24, 2.45) is 0 Å². The van der Waals surface area contributed by atoms with E-state index in [0.29, 0.717) is 22.6 Å².